The molecule has 0 spiro atoms. The third-order valence-corrected chi connectivity index (χ3v) is 0.785. The Bertz CT molecular complexity index is 53.2. The minimum absolute atomic E-state index is 0. The first kappa shape index (κ1) is 8.88. The molecule has 0 aliphatic carbocycles. The molecule has 1 heterocycles. The predicted molar refractivity (Wildman–Crippen MR) is 20.6 cm³/mol. The van der Waals surface area contributed by atoms with E-state index in [9.17, 15) is 5.11 Å². The molecule has 0 aromatic rings. The van der Waals surface area contributed by atoms with Gasteiger partial charge in [0.15, 0.2) is 0 Å². The number of hydrogen-bond acceptors (Lipinski definition) is 3. The van der Waals surface area contributed by atoms with Gasteiger partial charge in [-0.05, 0) is 0 Å². The van der Waals surface area contributed by atoms with Gasteiger partial charge in [0, 0.05) is 6.29 Å². The first-order chi connectivity index (χ1) is 3.39. The molecular formula is C4H7NaO3. The van der Waals surface area contributed by atoms with Crippen LogP contribution in [-0.4, -0.2) is 26.1 Å². The van der Waals surface area contributed by atoms with Crippen LogP contribution >= 0.6 is 0 Å². The number of hydrogen-bond donors (Lipinski definition) is 0. The van der Waals surface area contributed by atoms with Gasteiger partial charge in [0.1, 0.15) is 0 Å². The van der Waals surface area contributed by atoms with E-state index in [2.05, 4.69) is 4.74 Å². The summed E-state index contributed by atoms with van der Waals surface area (Å²) < 4.78 is 9.34. The van der Waals surface area contributed by atoms with Crippen molar-refractivity contribution in [3.8, 4) is 0 Å². The largest absolute Gasteiger partial charge is 1.00 e. The minimum atomic E-state index is -0.936. The molecule has 42 valence electrons. The van der Waals surface area contributed by atoms with Gasteiger partial charge in [0.05, 0.1) is 19.8 Å². The second-order valence-corrected chi connectivity index (χ2v) is 1.38. The normalized spacial score (nSPS) is 28.9. The van der Waals surface area contributed by atoms with E-state index in [0.29, 0.717) is 13.2 Å². The average molecular weight is 126 g/mol. The molecule has 0 bridgehead atoms. The first-order valence-corrected chi connectivity index (χ1v) is 2.25. The van der Waals surface area contributed by atoms with Crippen molar-refractivity contribution >= 4 is 0 Å². The summed E-state index contributed by atoms with van der Waals surface area (Å²) in [6, 6.07) is 0. The molecule has 1 aliphatic heterocycles. The van der Waals surface area contributed by atoms with Crippen LogP contribution in [0, 0.1) is 0 Å². The van der Waals surface area contributed by atoms with E-state index >= 15 is 0 Å². The Morgan fingerprint density at radius 2 is 2.12 bits per heavy atom. The molecule has 0 N–H and O–H groups in total. The molecule has 1 aliphatic rings. The summed E-state index contributed by atoms with van der Waals surface area (Å²) >= 11 is 0. The first-order valence-electron chi connectivity index (χ1n) is 2.25. The molecule has 0 aromatic heterocycles. The fourth-order valence-electron chi connectivity index (χ4n) is 0.466. The van der Waals surface area contributed by atoms with E-state index in [1.165, 1.54) is 0 Å². The molecule has 1 rings (SSSR count). The molecule has 0 amide bonds. The van der Waals surface area contributed by atoms with Crippen molar-refractivity contribution in [3.05, 3.63) is 0 Å². The van der Waals surface area contributed by atoms with Crippen LogP contribution in [0.1, 0.15) is 0 Å². The molecule has 4 heteroatoms. The zero-order valence-corrected chi connectivity index (χ0v) is 6.92. The van der Waals surface area contributed by atoms with Gasteiger partial charge in [-0.25, -0.2) is 0 Å². The maximum absolute atomic E-state index is 10.2. The molecule has 8 heavy (non-hydrogen) atoms. The second-order valence-electron chi connectivity index (χ2n) is 1.38. The van der Waals surface area contributed by atoms with Crippen molar-refractivity contribution in [2.45, 2.75) is 6.29 Å². The molecule has 1 atom stereocenters. The predicted octanol–water partition coefficient (Wildman–Crippen LogP) is -4.28. The molecule has 0 saturated carbocycles. The van der Waals surface area contributed by atoms with Crippen LogP contribution in [-0.2, 0) is 9.47 Å². The second kappa shape index (κ2) is 4.73. The molecular weight excluding hydrogens is 119 g/mol. The van der Waals surface area contributed by atoms with Crippen molar-refractivity contribution in [3.63, 3.8) is 0 Å². The average Bonchev–Trinajstić information content (AvgIpc) is 1.69. The van der Waals surface area contributed by atoms with Crippen molar-refractivity contribution in [1.82, 2.24) is 0 Å². The van der Waals surface area contributed by atoms with Gasteiger partial charge in [-0.3, -0.25) is 0 Å². The van der Waals surface area contributed by atoms with Crippen LogP contribution in [0.4, 0.5) is 0 Å². The van der Waals surface area contributed by atoms with Gasteiger partial charge in [0.25, 0.3) is 0 Å². The van der Waals surface area contributed by atoms with E-state index in [1.54, 1.807) is 0 Å². The third-order valence-electron chi connectivity index (χ3n) is 0.785. The van der Waals surface area contributed by atoms with Crippen LogP contribution in [0.2, 0.25) is 0 Å². The standard InChI is InChI=1S/C4H7O3.Na/c5-4-3-6-1-2-7-4;/h4H,1-3H2;/q-1;+1. The Kier molecular flexibility index (Phi) is 5.25. The number of rotatable bonds is 0. The van der Waals surface area contributed by atoms with Crippen LogP contribution in [0.15, 0.2) is 0 Å². The third kappa shape index (κ3) is 3.02. The van der Waals surface area contributed by atoms with Crippen molar-refractivity contribution in [2.75, 3.05) is 19.8 Å². The quantitative estimate of drug-likeness (QED) is 0.308. The zero-order valence-electron chi connectivity index (χ0n) is 4.92. The van der Waals surface area contributed by atoms with E-state index < -0.39 is 6.29 Å². The van der Waals surface area contributed by atoms with Crippen molar-refractivity contribution in [2.24, 2.45) is 0 Å². The summed E-state index contributed by atoms with van der Waals surface area (Å²) in [4.78, 5) is 0. The van der Waals surface area contributed by atoms with Crippen molar-refractivity contribution in [1.29, 1.82) is 0 Å². The maximum atomic E-state index is 10.2. The van der Waals surface area contributed by atoms with Crippen LogP contribution in [0.5, 0.6) is 0 Å². The fourth-order valence-corrected chi connectivity index (χ4v) is 0.466. The van der Waals surface area contributed by atoms with E-state index in [0.717, 1.165) is 0 Å². The fraction of sp³-hybridized carbons (Fsp3) is 1.00. The Labute approximate surface area is 70.3 Å². The Hall–Kier alpha value is 0.880. The number of ether oxygens (including phenoxy) is 2. The SMILES string of the molecule is [Na+].[O-]C1COCCO1. The van der Waals surface area contributed by atoms with E-state index in [1.807, 2.05) is 0 Å². The zero-order chi connectivity index (χ0) is 5.11. The van der Waals surface area contributed by atoms with Gasteiger partial charge in [-0.15, -0.1) is 0 Å². The van der Waals surface area contributed by atoms with Gasteiger partial charge in [-0.2, -0.15) is 0 Å². The van der Waals surface area contributed by atoms with Gasteiger partial charge < -0.3 is 14.6 Å². The van der Waals surface area contributed by atoms with Crippen LogP contribution < -0.4 is 34.7 Å². The maximum Gasteiger partial charge on any atom is 1.00 e. The topological polar surface area (TPSA) is 41.5 Å². The molecule has 1 saturated heterocycles. The minimum Gasteiger partial charge on any atom is -0.829 e. The molecule has 0 radical (unpaired) electrons. The van der Waals surface area contributed by atoms with Gasteiger partial charge in [-0.1, -0.05) is 0 Å². The summed E-state index contributed by atoms with van der Waals surface area (Å²) in [5.74, 6) is 0. The Morgan fingerprint density at radius 1 is 1.38 bits per heavy atom. The summed E-state index contributed by atoms with van der Waals surface area (Å²) in [6.07, 6.45) is -0.936. The molecule has 3 nitrogen and oxygen atoms in total. The molecule has 1 fully saturated rings. The van der Waals surface area contributed by atoms with Crippen LogP contribution in [0.25, 0.3) is 0 Å². The summed E-state index contributed by atoms with van der Waals surface area (Å²) in [5, 5.41) is 10.2. The van der Waals surface area contributed by atoms with E-state index in [-0.39, 0.29) is 36.2 Å². The summed E-state index contributed by atoms with van der Waals surface area (Å²) in [6.45, 7) is 1.23. The van der Waals surface area contributed by atoms with Gasteiger partial charge >= 0.3 is 29.6 Å². The van der Waals surface area contributed by atoms with Crippen molar-refractivity contribution < 1.29 is 44.1 Å². The summed E-state index contributed by atoms with van der Waals surface area (Å²) in [5.41, 5.74) is 0. The molecule has 0 aromatic carbocycles. The monoisotopic (exact) mass is 126 g/mol. The smallest absolute Gasteiger partial charge is 0.829 e. The Balaban J connectivity index is 0.000000490. The summed E-state index contributed by atoms with van der Waals surface area (Å²) in [7, 11) is 0. The van der Waals surface area contributed by atoms with E-state index in [4.69, 9.17) is 4.74 Å². The Morgan fingerprint density at radius 3 is 2.38 bits per heavy atom. The van der Waals surface area contributed by atoms with Gasteiger partial charge in [0.2, 0.25) is 0 Å². The molecule has 1 unspecified atom stereocenters. The van der Waals surface area contributed by atoms with Crippen LogP contribution in [0.3, 0.4) is 0 Å².